The van der Waals surface area contributed by atoms with Gasteiger partial charge in [0.15, 0.2) is 5.69 Å². The van der Waals surface area contributed by atoms with Crippen LogP contribution < -0.4 is 4.48 Å². The maximum absolute atomic E-state index is 10.1. The fraction of sp³-hybridized carbons (Fsp3) is 0.0588. The molecule has 2 aliphatic heterocycles. The lowest BCUT2D eigenvalue weighted by atomic mass is 10.1. The van der Waals surface area contributed by atoms with E-state index in [0.717, 1.165) is 17.2 Å². The Morgan fingerprint density at radius 2 is 1.86 bits per heavy atom. The molecule has 2 heterocycles. The number of para-hydroxylation sites is 2. The van der Waals surface area contributed by atoms with Crippen molar-refractivity contribution in [2.45, 2.75) is 0 Å². The maximum Gasteiger partial charge on any atom is 0.256 e. The van der Waals surface area contributed by atoms with Crippen LogP contribution in [-0.4, -0.2) is 29.3 Å². The van der Waals surface area contributed by atoms with Crippen molar-refractivity contribution >= 4 is 29.1 Å². The number of fused-ring (bicyclic) bond motifs is 3. The van der Waals surface area contributed by atoms with Crippen LogP contribution in [0, 0.1) is 0 Å². The number of phenolic OH excluding ortho intramolecular Hbond substituents is 2. The Bertz CT molecular complexity index is 883. The Kier molecular flexibility index (Phi) is 2.49. The summed E-state index contributed by atoms with van der Waals surface area (Å²) in [5.74, 6) is 0.825. The topological polar surface area (TPSA) is 65.2 Å². The molecule has 2 aromatic rings. The number of amidine groups is 1. The summed E-state index contributed by atoms with van der Waals surface area (Å²) in [6, 6.07) is 12.4. The highest BCUT2D eigenvalue weighted by atomic mass is 16.3. The first kappa shape index (κ1) is 12.8. The molecule has 0 saturated carbocycles. The van der Waals surface area contributed by atoms with E-state index in [9.17, 15) is 10.2 Å². The second kappa shape index (κ2) is 4.29. The quantitative estimate of drug-likeness (QED) is 0.793. The molecule has 0 radical (unpaired) electrons. The Labute approximate surface area is 127 Å². The Hall–Kier alpha value is -2.92. The van der Waals surface area contributed by atoms with Crippen molar-refractivity contribution in [3.05, 3.63) is 54.2 Å². The minimum Gasteiger partial charge on any atom is -0.508 e. The van der Waals surface area contributed by atoms with E-state index in [-0.39, 0.29) is 11.5 Å². The van der Waals surface area contributed by atoms with E-state index in [1.165, 1.54) is 12.1 Å². The van der Waals surface area contributed by atoms with Crippen LogP contribution in [-0.2, 0) is 0 Å². The van der Waals surface area contributed by atoms with Crippen LogP contribution in [0.5, 0.6) is 11.5 Å². The van der Waals surface area contributed by atoms with Gasteiger partial charge < -0.3 is 10.2 Å². The van der Waals surface area contributed by atoms with Gasteiger partial charge in [-0.1, -0.05) is 12.1 Å². The number of benzene rings is 2. The summed E-state index contributed by atoms with van der Waals surface area (Å²) in [7, 11) is 2.04. The molecule has 5 nitrogen and oxygen atoms in total. The molecular weight excluding hydrogens is 278 g/mol. The van der Waals surface area contributed by atoms with E-state index in [2.05, 4.69) is 9.98 Å². The molecule has 0 aliphatic carbocycles. The first-order valence-electron chi connectivity index (χ1n) is 6.92. The third kappa shape index (κ3) is 1.69. The molecule has 0 amide bonds. The molecule has 0 fully saturated rings. The molecule has 1 atom stereocenters. The van der Waals surface area contributed by atoms with Gasteiger partial charge >= 0.3 is 0 Å². The highest BCUT2D eigenvalue weighted by Gasteiger charge is 2.40. The lowest BCUT2D eigenvalue weighted by Gasteiger charge is -2.28. The lowest BCUT2D eigenvalue weighted by molar-refractivity contribution is 0.449. The van der Waals surface area contributed by atoms with Crippen LogP contribution in [0.1, 0.15) is 5.56 Å². The zero-order valence-corrected chi connectivity index (χ0v) is 11.9. The summed E-state index contributed by atoms with van der Waals surface area (Å²) in [5, 5.41) is 19.5. The van der Waals surface area contributed by atoms with Crippen LogP contribution in [0.4, 0.5) is 11.4 Å². The van der Waals surface area contributed by atoms with Crippen molar-refractivity contribution in [3.8, 4) is 11.5 Å². The summed E-state index contributed by atoms with van der Waals surface area (Å²) in [6.45, 7) is 0. The fourth-order valence-electron chi connectivity index (χ4n) is 2.87. The van der Waals surface area contributed by atoms with Crippen LogP contribution in [0.2, 0.25) is 0 Å². The average Bonchev–Trinajstić information content (AvgIpc) is 2.85. The normalized spacial score (nSPS) is 21.9. The number of aromatic hydroxyl groups is 2. The van der Waals surface area contributed by atoms with Gasteiger partial charge in [0.25, 0.3) is 5.84 Å². The van der Waals surface area contributed by atoms with E-state index in [0.29, 0.717) is 15.7 Å². The second-order valence-corrected chi connectivity index (χ2v) is 5.51. The van der Waals surface area contributed by atoms with E-state index in [1.54, 1.807) is 12.3 Å². The molecule has 22 heavy (non-hydrogen) atoms. The summed E-state index contributed by atoms with van der Waals surface area (Å²) in [4.78, 5) is 9.04. The molecular formula is C17H14N3O2+. The highest BCUT2D eigenvalue weighted by molar-refractivity contribution is 6.38. The zero-order chi connectivity index (χ0) is 15.3. The SMILES string of the molecule is C[N+]12C=C(c3ccc(O)cc3O)N=C1C=Nc1ccccc12. The van der Waals surface area contributed by atoms with Crippen molar-refractivity contribution in [2.75, 3.05) is 7.05 Å². The number of quaternary nitrogens is 1. The summed E-state index contributed by atoms with van der Waals surface area (Å²) in [6.07, 6.45) is 3.73. The smallest absolute Gasteiger partial charge is 0.256 e. The Balaban J connectivity index is 1.89. The number of hydrogen-bond acceptors (Lipinski definition) is 4. The number of aliphatic imine (C=N–C) groups is 2. The van der Waals surface area contributed by atoms with E-state index < -0.39 is 0 Å². The molecule has 2 N–H and O–H groups in total. The monoisotopic (exact) mass is 292 g/mol. The van der Waals surface area contributed by atoms with Crippen molar-refractivity contribution < 1.29 is 10.2 Å². The van der Waals surface area contributed by atoms with Crippen molar-refractivity contribution in [3.63, 3.8) is 0 Å². The highest BCUT2D eigenvalue weighted by Crippen LogP contribution is 2.42. The maximum atomic E-state index is 10.1. The van der Waals surface area contributed by atoms with Crippen LogP contribution >= 0.6 is 0 Å². The number of hydrogen-bond donors (Lipinski definition) is 2. The van der Waals surface area contributed by atoms with E-state index in [1.807, 2.05) is 37.5 Å². The van der Waals surface area contributed by atoms with Gasteiger partial charge in [0.2, 0.25) is 0 Å². The van der Waals surface area contributed by atoms with Gasteiger partial charge in [0, 0.05) is 17.7 Å². The van der Waals surface area contributed by atoms with Gasteiger partial charge in [-0.05, 0) is 18.2 Å². The number of nitrogens with zero attached hydrogens (tertiary/aromatic N) is 3. The Morgan fingerprint density at radius 1 is 1.05 bits per heavy atom. The van der Waals surface area contributed by atoms with Crippen LogP contribution in [0.15, 0.2) is 58.6 Å². The summed E-state index contributed by atoms with van der Waals surface area (Å²) >= 11 is 0. The molecule has 0 bridgehead atoms. The average molecular weight is 292 g/mol. The van der Waals surface area contributed by atoms with E-state index >= 15 is 0 Å². The van der Waals surface area contributed by atoms with Gasteiger partial charge in [0.05, 0.1) is 7.05 Å². The third-order valence-electron chi connectivity index (χ3n) is 4.05. The minimum atomic E-state index is 0.00673. The summed E-state index contributed by atoms with van der Waals surface area (Å²) < 4.78 is 0.412. The largest absolute Gasteiger partial charge is 0.508 e. The minimum absolute atomic E-state index is 0.00673. The molecule has 2 aliphatic rings. The molecule has 5 heteroatoms. The summed E-state index contributed by atoms with van der Waals surface area (Å²) in [5.41, 5.74) is 3.21. The fourth-order valence-corrected chi connectivity index (χ4v) is 2.87. The molecule has 0 spiro atoms. The zero-order valence-electron chi connectivity index (χ0n) is 11.9. The second-order valence-electron chi connectivity index (χ2n) is 5.51. The predicted octanol–water partition coefficient (Wildman–Crippen LogP) is 3.16. The van der Waals surface area contributed by atoms with Gasteiger partial charge in [-0.15, -0.1) is 0 Å². The van der Waals surface area contributed by atoms with Gasteiger partial charge in [-0.2, -0.15) is 4.99 Å². The Morgan fingerprint density at radius 3 is 2.68 bits per heavy atom. The van der Waals surface area contributed by atoms with Gasteiger partial charge in [-0.3, -0.25) is 0 Å². The van der Waals surface area contributed by atoms with Crippen molar-refractivity contribution in [1.82, 2.24) is 4.48 Å². The molecule has 1 unspecified atom stereocenters. The molecule has 108 valence electrons. The standard InChI is InChI=1S/C17H13N3O2/c1-20-10-14(12-7-6-11(21)8-16(12)22)19-17(20)9-18-13-4-2-3-5-15(13)20/h2-10H,1H3,(H-,21,22)/p+1. The molecule has 2 aromatic carbocycles. The van der Waals surface area contributed by atoms with Gasteiger partial charge in [0.1, 0.15) is 35.3 Å². The van der Waals surface area contributed by atoms with Crippen molar-refractivity contribution in [1.29, 1.82) is 0 Å². The number of phenols is 2. The van der Waals surface area contributed by atoms with E-state index in [4.69, 9.17) is 0 Å². The van der Waals surface area contributed by atoms with Crippen molar-refractivity contribution in [2.24, 2.45) is 9.98 Å². The molecule has 4 rings (SSSR count). The molecule has 0 aromatic heterocycles. The van der Waals surface area contributed by atoms with Gasteiger partial charge in [-0.25, -0.2) is 9.48 Å². The van der Waals surface area contributed by atoms with Crippen LogP contribution in [0.25, 0.3) is 5.70 Å². The first-order chi connectivity index (χ1) is 10.6. The number of rotatable bonds is 1. The predicted molar refractivity (Wildman–Crippen MR) is 87.5 cm³/mol. The first-order valence-corrected chi connectivity index (χ1v) is 6.92. The van der Waals surface area contributed by atoms with Crippen LogP contribution in [0.3, 0.4) is 0 Å². The lowest BCUT2D eigenvalue weighted by Crippen LogP contribution is -2.45. The molecule has 0 saturated heterocycles. The third-order valence-corrected chi connectivity index (χ3v) is 4.05.